The number of aryl methyl sites for hydroxylation is 2. The largest absolute Gasteiger partial charge is 0.481 e. The number of benzene rings is 2. The fourth-order valence-electron chi connectivity index (χ4n) is 17.4. The Hall–Kier alpha value is -3.80. The first-order valence-electron chi connectivity index (χ1n) is 44.1. The smallest absolute Gasteiger partial charge is 0.170 e. The van der Waals surface area contributed by atoms with Crippen LogP contribution < -0.4 is 9.47 Å². The molecule has 2 aliphatic heterocycles. The van der Waals surface area contributed by atoms with Crippen molar-refractivity contribution in [2.24, 2.45) is 0 Å². The first kappa shape index (κ1) is 86.6. The summed E-state index contributed by atoms with van der Waals surface area (Å²) in [7, 11) is 0. The number of hydrogen-bond acceptors (Lipinski definition) is 12. The summed E-state index contributed by atoms with van der Waals surface area (Å²) in [5.41, 5.74) is 2.47. The van der Waals surface area contributed by atoms with Crippen LogP contribution >= 0.6 is 68.8 Å². The van der Waals surface area contributed by atoms with Gasteiger partial charge in [-0.2, -0.15) is 17.5 Å². The second-order valence-corrected chi connectivity index (χ2v) is 38.1. The Morgan fingerprint density at radius 2 is 0.519 bits per heavy atom. The first-order chi connectivity index (χ1) is 53.0. The topological polar surface area (TPSA) is 70.0 Å². The summed E-state index contributed by atoms with van der Waals surface area (Å²) in [6.45, 7) is 12.8. The van der Waals surface area contributed by atoms with E-state index in [1.165, 1.54) is 297 Å². The van der Waals surface area contributed by atoms with E-state index in [4.69, 9.17) is 18.2 Å². The fraction of sp³-hybridized carbons (Fsp3) is 0.696. The molecule has 10 rings (SSSR count). The van der Waals surface area contributed by atoms with Crippen molar-refractivity contribution in [1.29, 1.82) is 0 Å². The molecule has 0 saturated heterocycles. The molecule has 8 aromatic rings. The highest BCUT2D eigenvalue weighted by atomic mass is 32.1. The monoisotopic (exact) mass is 1590 g/mol. The van der Waals surface area contributed by atoms with Crippen LogP contribution in [0, 0.1) is 37.1 Å². The molecule has 0 radical (unpaired) electrons. The minimum atomic E-state index is -0.958. The van der Waals surface area contributed by atoms with Crippen LogP contribution in [0.15, 0.2) is 24.3 Å². The predicted octanol–water partition coefficient (Wildman–Crippen LogP) is 34.6. The molecule has 2 aliphatic rings. The van der Waals surface area contributed by atoms with Crippen LogP contribution in [0.25, 0.3) is 72.9 Å². The second kappa shape index (κ2) is 46.5. The molecular formula is C92H134F4N4O2S6. The highest BCUT2D eigenvalue weighted by Gasteiger charge is 2.46. The van der Waals surface area contributed by atoms with Gasteiger partial charge in [0.1, 0.15) is 44.8 Å². The van der Waals surface area contributed by atoms with Gasteiger partial charge in [-0.05, 0) is 89.5 Å². The Balaban J connectivity index is 0.953. The van der Waals surface area contributed by atoms with Crippen molar-refractivity contribution < 1.29 is 27.0 Å². The van der Waals surface area contributed by atoms with E-state index in [9.17, 15) is 0 Å². The van der Waals surface area contributed by atoms with E-state index < -0.39 is 34.5 Å². The van der Waals surface area contributed by atoms with Crippen molar-refractivity contribution in [2.75, 3.05) is 0 Å². The number of rotatable bonds is 59. The maximum atomic E-state index is 18.5. The van der Waals surface area contributed by atoms with Crippen molar-refractivity contribution in [3.63, 3.8) is 0 Å². The van der Waals surface area contributed by atoms with Crippen molar-refractivity contribution in [3.8, 4) is 62.3 Å². The van der Waals surface area contributed by atoms with Gasteiger partial charge in [-0.1, -0.05) is 336 Å². The molecular weight excluding hydrogens is 1460 g/mol. The molecule has 0 amide bonds. The third kappa shape index (κ3) is 23.7. The van der Waals surface area contributed by atoms with Crippen molar-refractivity contribution >= 4 is 90.9 Å². The Kier molecular flexibility index (Phi) is 37.3. The lowest BCUT2D eigenvalue weighted by molar-refractivity contribution is 0.0395. The summed E-state index contributed by atoms with van der Waals surface area (Å²) in [6.07, 6.45) is 68.8. The van der Waals surface area contributed by atoms with Crippen LogP contribution in [0.4, 0.5) is 17.6 Å². The average molecular weight is 1600 g/mol. The van der Waals surface area contributed by atoms with Gasteiger partial charge < -0.3 is 9.47 Å². The summed E-state index contributed by atoms with van der Waals surface area (Å²) < 4.78 is 104. The van der Waals surface area contributed by atoms with E-state index in [-0.39, 0.29) is 22.3 Å². The second-order valence-electron chi connectivity index (χ2n) is 32.7. The maximum absolute atomic E-state index is 18.5. The zero-order chi connectivity index (χ0) is 75.8. The zero-order valence-corrected chi connectivity index (χ0v) is 72.4. The standard InChI is InChI=1S/C92H134F4N4O2S6/c1-7-11-15-19-23-27-31-35-39-43-47-51-55-59-91(60-56-52-48-44-40-36-32-28-24-20-16-12-8-2)69-64-73(104-87(69)89-71(101-91)63-67(5)103-89)76-81(95)82(96)77(86-85(76)99-108-100-86)74-65-70-88(105-74)90-72(66-75(106-90)78-80(94)79(93)68(6)83-84(78)98-107-97-83)102-92(70,61-57-53-49-45-41-37-33-29-25-21-17-13-9-3)62-58-54-50-46-42-38-34-30-26-22-18-14-10-4/h63-66H,7-62H2,1-6H3. The van der Waals surface area contributed by atoms with Gasteiger partial charge in [0, 0.05) is 36.2 Å². The number of ether oxygens (including phenoxy) is 2. The highest BCUT2D eigenvalue weighted by molar-refractivity contribution is 7.26. The van der Waals surface area contributed by atoms with Gasteiger partial charge in [-0.15, -0.1) is 45.3 Å². The predicted molar refractivity (Wildman–Crippen MR) is 462 cm³/mol. The van der Waals surface area contributed by atoms with Gasteiger partial charge in [0.2, 0.25) is 0 Å². The number of hydrogen-bond donors (Lipinski definition) is 0. The van der Waals surface area contributed by atoms with Gasteiger partial charge in [-0.3, -0.25) is 0 Å². The van der Waals surface area contributed by atoms with Gasteiger partial charge in [0.05, 0.1) is 59.7 Å². The van der Waals surface area contributed by atoms with E-state index in [1.54, 1.807) is 29.6 Å². The van der Waals surface area contributed by atoms with Crippen LogP contribution in [0.3, 0.4) is 0 Å². The molecule has 0 aliphatic carbocycles. The summed E-state index contributed by atoms with van der Waals surface area (Å²) in [5, 5.41) is 0. The normalized spacial score (nSPS) is 13.6. The highest BCUT2D eigenvalue weighted by Crippen LogP contribution is 2.61. The molecule has 0 unspecified atom stereocenters. The Labute approximate surface area is 674 Å². The fourth-order valence-corrected chi connectivity index (χ4v) is 23.5. The summed E-state index contributed by atoms with van der Waals surface area (Å²) in [5.74, 6) is -2.23. The number of thiophene rings is 4. The first-order valence-corrected chi connectivity index (χ1v) is 48.9. The molecule has 16 heteroatoms. The van der Waals surface area contributed by atoms with Crippen molar-refractivity contribution in [1.82, 2.24) is 17.5 Å². The summed E-state index contributed by atoms with van der Waals surface area (Å²) >= 11 is 8.02. The lowest BCUT2D eigenvalue weighted by atomic mass is 9.81. The summed E-state index contributed by atoms with van der Waals surface area (Å²) in [4.78, 5) is 6.70. The molecule has 6 aromatic heterocycles. The van der Waals surface area contributed by atoms with Crippen LogP contribution in [0.2, 0.25) is 0 Å². The van der Waals surface area contributed by atoms with Crippen LogP contribution in [-0.2, 0) is 11.2 Å². The number of fused-ring (bicyclic) bond motifs is 8. The quantitative estimate of drug-likeness (QED) is 0.0279. The van der Waals surface area contributed by atoms with Crippen LogP contribution in [0.1, 0.15) is 409 Å². The molecule has 598 valence electrons. The Morgan fingerprint density at radius 1 is 0.278 bits per heavy atom. The zero-order valence-electron chi connectivity index (χ0n) is 67.5. The summed E-state index contributed by atoms with van der Waals surface area (Å²) in [6, 6.07) is 8.34. The maximum Gasteiger partial charge on any atom is 0.170 e. The average Bonchev–Trinajstić information content (AvgIpc) is 1.56. The van der Waals surface area contributed by atoms with E-state index in [2.05, 4.69) is 61.6 Å². The number of halogens is 4. The van der Waals surface area contributed by atoms with Gasteiger partial charge >= 0.3 is 0 Å². The Bertz CT molecular complexity index is 3850. The molecule has 0 N–H and O–H groups in total. The number of aromatic nitrogens is 4. The molecule has 0 atom stereocenters. The van der Waals surface area contributed by atoms with Crippen LogP contribution in [0.5, 0.6) is 11.5 Å². The minimum Gasteiger partial charge on any atom is -0.481 e. The lowest BCUT2D eigenvalue weighted by Crippen LogP contribution is -2.35. The molecule has 0 bridgehead atoms. The van der Waals surface area contributed by atoms with Gasteiger partial charge in [0.15, 0.2) is 23.3 Å². The Morgan fingerprint density at radius 3 is 0.833 bits per heavy atom. The van der Waals surface area contributed by atoms with Gasteiger partial charge in [-0.25, -0.2) is 17.6 Å². The number of unbranched alkanes of at least 4 members (excludes halogenated alkanes) is 48. The van der Waals surface area contributed by atoms with E-state index >= 15 is 17.6 Å². The third-order valence-electron chi connectivity index (χ3n) is 23.9. The van der Waals surface area contributed by atoms with E-state index in [0.717, 1.165) is 150 Å². The molecule has 0 saturated carbocycles. The number of nitrogens with zero attached hydrogens (tertiary/aromatic N) is 4. The third-order valence-corrected chi connectivity index (χ3v) is 29.7. The minimum absolute atomic E-state index is 0.0735. The molecule has 0 fully saturated rings. The molecule has 6 nitrogen and oxygen atoms in total. The van der Waals surface area contributed by atoms with E-state index in [0.29, 0.717) is 42.4 Å². The van der Waals surface area contributed by atoms with E-state index in [1.807, 2.05) is 6.07 Å². The molecule has 2 aromatic carbocycles. The molecule has 0 spiro atoms. The van der Waals surface area contributed by atoms with Crippen molar-refractivity contribution in [3.05, 3.63) is 69.1 Å². The van der Waals surface area contributed by atoms with Gasteiger partial charge in [0.25, 0.3) is 0 Å². The molecule has 108 heavy (non-hydrogen) atoms. The lowest BCUT2D eigenvalue weighted by Gasteiger charge is -2.38. The van der Waals surface area contributed by atoms with Crippen LogP contribution in [-0.4, -0.2) is 17.5 Å². The molecule has 8 heterocycles. The van der Waals surface area contributed by atoms with Crippen molar-refractivity contribution in [2.45, 2.75) is 412 Å². The SMILES string of the molecule is CCCCCCCCCCCCCCCC1(CCCCCCCCCCCCCCC)Oc2cc(C)sc2-c2sc(-c3c(F)c(F)c(-c4cc5c(s4)-c4sc(-c6c(F)c(F)c(C)c7nsnc67)cc4OC5(CCCCCCCCCCCCCCC)CCCCCCCCCCCCCCC)c4nsnc34)cc21.